The van der Waals surface area contributed by atoms with E-state index in [0.717, 1.165) is 22.0 Å². The Morgan fingerprint density at radius 2 is 1.95 bits per heavy atom. The van der Waals surface area contributed by atoms with Crippen molar-refractivity contribution in [3.63, 3.8) is 0 Å². The Morgan fingerprint density at radius 1 is 1.32 bits per heavy atom. The molecule has 0 atom stereocenters. The number of aromatic nitrogens is 2. The molecule has 1 aromatic carbocycles. The lowest BCUT2D eigenvalue weighted by molar-refractivity contribution is -0.141. The number of rotatable bonds is 3. The van der Waals surface area contributed by atoms with Crippen LogP contribution >= 0.6 is 0 Å². The van der Waals surface area contributed by atoms with Crippen LogP contribution in [0.3, 0.4) is 0 Å². The fourth-order valence-electron chi connectivity index (χ4n) is 2.17. The number of hydrogen-bond acceptors (Lipinski definition) is 2. The molecule has 0 fully saturated rings. The van der Waals surface area contributed by atoms with E-state index in [1.807, 2.05) is 31.2 Å². The fraction of sp³-hybridized carbons (Fsp3) is 0.333. The lowest BCUT2D eigenvalue weighted by Gasteiger charge is -2.18. The number of halogens is 3. The van der Waals surface area contributed by atoms with Crippen LogP contribution in [0.1, 0.15) is 27.2 Å². The number of amides is 1. The number of benzene rings is 1. The van der Waals surface area contributed by atoms with E-state index in [1.54, 1.807) is 0 Å². The van der Waals surface area contributed by atoms with E-state index in [1.165, 1.54) is 19.0 Å². The summed E-state index contributed by atoms with van der Waals surface area (Å²) in [7, 11) is 2.83. The van der Waals surface area contributed by atoms with Crippen LogP contribution in [0.25, 0.3) is 0 Å². The smallest absolute Gasteiger partial charge is 0.337 e. The van der Waals surface area contributed by atoms with Crippen molar-refractivity contribution in [1.29, 1.82) is 0 Å². The van der Waals surface area contributed by atoms with Gasteiger partial charge in [-0.2, -0.15) is 18.3 Å². The van der Waals surface area contributed by atoms with E-state index in [9.17, 15) is 18.0 Å². The maximum atomic E-state index is 12.9. The van der Waals surface area contributed by atoms with E-state index in [4.69, 9.17) is 0 Å². The zero-order chi connectivity index (χ0) is 16.5. The number of carbonyl (C=O) groups excluding carboxylic acids is 1. The Balaban J connectivity index is 2.27. The molecule has 0 aliphatic heterocycles. The Bertz CT molecular complexity index is 692. The van der Waals surface area contributed by atoms with Crippen LogP contribution in [0.15, 0.2) is 30.5 Å². The second-order valence-electron chi connectivity index (χ2n) is 5.15. The molecular formula is C15H16F3N3O. The Hall–Kier alpha value is -2.31. The molecule has 0 saturated heterocycles. The van der Waals surface area contributed by atoms with E-state index in [0.29, 0.717) is 0 Å². The summed E-state index contributed by atoms with van der Waals surface area (Å²) < 4.78 is 39.8. The quantitative estimate of drug-likeness (QED) is 0.874. The molecule has 1 aromatic heterocycles. The van der Waals surface area contributed by atoms with Gasteiger partial charge >= 0.3 is 6.18 Å². The van der Waals surface area contributed by atoms with E-state index in [-0.39, 0.29) is 6.54 Å². The molecule has 22 heavy (non-hydrogen) atoms. The highest BCUT2D eigenvalue weighted by molar-refractivity contribution is 5.95. The molecule has 1 amide bonds. The number of aryl methyl sites for hydroxylation is 2. The van der Waals surface area contributed by atoms with Crippen molar-refractivity contribution in [3.05, 3.63) is 52.8 Å². The van der Waals surface area contributed by atoms with Gasteiger partial charge < -0.3 is 4.90 Å². The molecule has 0 spiro atoms. The van der Waals surface area contributed by atoms with Crippen LogP contribution in [0, 0.1) is 6.92 Å². The van der Waals surface area contributed by atoms with Crippen molar-refractivity contribution in [2.24, 2.45) is 7.05 Å². The zero-order valence-electron chi connectivity index (χ0n) is 12.5. The first-order valence-electron chi connectivity index (χ1n) is 6.61. The molecular weight excluding hydrogens is 295 g/mol. The maximum absolute atomic E-state index is 12.9. The van der Waals surface area contributed by atoms with Gasteiger partial charge in [-0.3, -0.25) is 9.48 Å². The highest BCUT2D eigenvalue weighted by atomic mass is 19.4. The van der Waals surface area contributed by atoms with E-state index >= 15 is 0 Å². The van der Waals surface area contributed by atoms with Crippen molar-refractivity contribution in [2.75, 3.05) is 7.05 Å². The molecule has 118 valence electrons. The summed E-state index contributed by atoms with van der Waals surface area (Å²) in [4.78, 5) is 13.6. The largest absolute Gasteiger partial charge is 0.435 e. The number of carbonyl (C=O) groups is 1. The van der Waals surface area contributed by atoms with Gasteiger partial charge in [0.25, 0.3) is 5.91 Å². The van der Waals surface area contributed by atoms with Gasteiger partial charge in [-0.25, -0.2) is 0 Å². The van der Waals surface area contributed by atoms with Crippen LogP contribution in [0.4, 0.5) is 13.2 Å². The van der Waals surface area contributed by atoms with Crippen LogP contribution in [-0.4, -0.2) is 27.6 Å². The van der Waals surface area contributed by atoms with Crippen LogP contribution in [0.5, 0.6) is 0 Å². The predicted molar refractivity (Wildman–Crippen MR) is 75.2 cm³/mol. The van der Waals surface area contributed by atoms with Crippen molar-refractivity contribution in [1.82, 2.24) is 14.7 Å². The topological polar surface area (TPSA) is 38.1 Å². The summed E-state index contributed by atoms with van der Waals surface area (Å²) in [5.74, 6) is -0.705. The van der Waals surface area contributed by atoms with Crippen molar-refractivity contribution < 1.29 is 18.0 Å². The first kappa shape index (κ1) is 16.1. The lowest BCUT2D eigenvalue weighted by atomic mass is 10.1. The van der Waals surface area contributed by atoms with Gasteiger partial charge in [-0.15, -0.1) is 0 Å². The number of alkyl halides is 3. The average molecular weight is 311 g/mol. The molecule has 0 aliphatic carbocycles. The van der Waals surface area contributed by atoms with Gasteiger partial charge in [-0.1, -0.05) is 24.3 Å². The maximum Gasteiger partial charge on any atom is 0.435 e. The average Bonchev–Trinajstić information content (AvgIpc) is 2.82. The minimum Gasteiger partial charge on any atom is -0.337 e. The Labute approximate surface area is 126 Å². The van der Waals surface area contributed by atoms with Crippen molar-refractivity contribution >= 4 is 5.91 Å². The van der Waals surface area contributed by atoms with Crippen LogP contribution in [-0.2, 0) is 19.8 Å². The second kappa shape index (κ2) is 5.82. The molecule has 2 aromatic rings. The summed E-state index contributed by atoms with van der Waals surface area (Å²) in [6.45, 7) is 2.12. The first-order chi connectivity index (χ1) is 10.2. The van der Waals surface area contributed by atoms with Gasteiger partial charge in [0, 0.05) is 26.8 Å². The van der Waals surface area contributed by atoms with Gasteiger partial charge in [0.2, 0.25) is 0 Å². The molecule has 1 heterocycles. The Morgan fingerprint density at radius 3 is 2.55 bits per heavy atom. The lowest BCUT2D eigenvalue weighted by Crippen LogP contribution is -2.28. The standard InChI is InChI=1S/C15H16F3N3O/c1-10-6-4-5-7-11(10)8-20(2)14(22)12-9-21(3)19-13(12)15(16,17)18/h4-7,9H,8H2,1-3H3. The summed E-state index contributed by atoms with van der Waals surface area (Å²) in [5.41, 5.74) is 0.267. The van der Waals surface area contributed by atoms with Crippen LogP contribution < -0.4 is 0 Å². The van der Waals surface area contributed by atoms with Gasteiger partial charge in [0.1, 0.15) is 0 Å². The predicted octanol–water partition coefficient (Wildman–Crippen LogP) is 3.02. The molecule has 0 aliphatic rings. The molecule has 0 radical (unpaired) electrons. The van der Waals surface area contributed by atoms with Crippen LogP contribution in [0.2, 0.25) is 0 Å². The normalized spacial score (nSPS) is 11.5. The first-order valence-corrected chi connectivity index (χ1v) is 6.61. The molecule has 7 heteroatoms. The summed E-state index contributed by atoms with van der Waals surface area (Å²) in [5, 5.41) is 3.35. The van der Waals surface area contributed by atoms with E-state index in [2.05, 4.69) is 5.10 Å². The highest BCUT2D eigenvalue weighted by Gasteiger charge is 2.39. The monoisotopic (exact) mass is 311 g/mol. The molecule has 4 nitrogen and oxygen atoms in total. The molecule has 0 saturated carbocycles. The molecule has 0 unspecified atom stereocenters. The third-order valence-electron chi connectivity index (χ3n) is 3.34. The number of nitrogens with zero attached hydrogens (tertiary/aromatic N) is 3. The minimum absolute atomic E-state index is 0.234. The Kier molecular flexibility index (Phi) is 4.25. The summed E-state index contributed by atoms with van der Waals surface area (Å²) in [6.07, 6.45) is -3.56. The summed E-state index contributed by atoms with van der Waals surface area (Å²) in [6, 6.07) is 7.42. The van der Waals surface area contributed by atoms with E-state index < -0.39 is 23.3 Å². The third kappa shape index (κ3) is 3.29. The highest BCUT2D eigenvalue weighted by Crippen LogP contribution is 2.31. The van der Waals surface area contributed by atoms with Gasteiger partial charge in [-0.05, 0) is 18.1 Å². The fourth-order valence-corrected chi connectivity index (χ4v) is 2.17. The molecule has 2 rings (SSSR count). The molecule has 0 N–H and O–H groups in total. The second-order valence-corrected chi connectivity index (χ2v) is 5.15. The third-order valence-corrected chi connectivity index (χ3v) is 3.34. The zero-order valence-corrected chi connectivity index (χ0v) is 12.5. The van der Waals surface area contributed by atoms with Crippen molar-refractivity contribution in [2.45, 2.75) is 19.6 Å². The summed E-state index contributed by atoms with van der Waals surface area (Å²) >= 11 is 0. The van der Waals surface area contributed by atoms with Crippen molar-refractivity contribution in [3.8, 4) is 0 Å². The SMILES string of the molecule is Cc1ccccc1CN(C)C(=O)c1cn(C)nc1C(F)(F)F. The van der Waals surface area contributed by atoms with Gasteiger partial charge in [0.05, 0.1) is 5.56 Å². The van der Waals surface area contributed by atoms with Gasteiger partial charge in [0.15, 0.2) is 5.69 Å². The number of hydrogen-bond donors (Lipinski definition) is 0. The molecule has 0 bridgehead atoms. The minimum atomic E-state index is -4.66.